The standard InChI is InChI=1S/C13H12N2O5S/c1-8-4-10(5-9-2-3-21-7-9)12(15(19)20)13(18)14(8)6-11(16)17/h2-4,7H,5-6H2,1H3,(H,16,17). The van der Waals surface area contributed by atoms with Crippen LogP contribution in [0.4, 0.5) is 5.69 Å². The van der Waals surface area contributed by atoms with E-state index in [1.165, 1.54) is 17.4 Å². The van der Waals surface area contributed by atoms with Gasteiger partial charge in [-0.25, -0.2) is 0 Å². The van der Waals surface area contributed by atoms with Gasteiger partial charge in [-0.15, -0.1) is 0 Å². The van der Waals surface area contributed by atoms with E-state index in [-0.39, 0.29) is 6.42 Å². The van der Waals surface area contributed by atoms with Crippen LogP contribution in [0.5, 0.6) is 0 Å². The van der Waals surface area contributed by atoms with Crippen LogP contribution in [-0.4, -0.2) is 20.6 Å². The first kappa shape index (κ1) is 14.9. The first-order valence-electron chi connectivity index (χ1n) is 6.00. The third-order valence-corrected chi connectivity index (χ3v) is 3.74. The van der Waals surface area contributed by atoms with Gasteiger partial charge in [-0.05, 0) is 35.4 Å². The lowest BCUT2D eigenvalue weighted by Crippen LogP contribution is -2.29. The smallest absolute Gasteiger partial charge is 0.337 e. The average molecular weight is 308 g/mol. The molecular formula is C13H12N2O5S. The zero-order valence-electron chi connectivity index (χ0n) is 11.1. The molecule has 0 saturated heterocycles. The maximum Gasteiger partial charge on any atom is 0.337 e. The Morgan fingerprint density at radius 1 is 1.52 bits per heavy atom. The van der Waals surface area contributed by atoms with Crippen LogP contribution in [0.25, 0.3) is 0 Å². The van der Waals surface area contributed by atoms with E-state index >= 15 is 0 Å². The predicted molar refractivity (Wildman–Crippen MR) is 76.9 cm³/mol. The number of rotatable bonds is 5. The summed E-state index contributed by atoms with van der Waals surface area (Å²) in [6.07, 6.45) is 0.268. The molecule has 0 aromatic carbocycles. The number of nitrogens with zero attached hydrogens (tertiary/aromatic N) is 2. The van der Waals surface area contributed by atoms with Crippen molar-refractivity contribution >= 4 is 23.0 Å². The quantitative estimate of drug-likeness (QED) is 0.670. The lowest BCUT2D eigenvalue weighted by atomic mass is 10.1. The van der Waals surface area contributed by atoms with Crippen molar-refractivity contribution in [3.8, 4) is 0 Å². The van der Waals surface area contributed by atoms with Crippen LogP contribution in [0, 0.1) is 17.0 Å². The van der Waals surface area contributed by atoms with Crippen molar-refractivity contribution in [3.05, 3.63) is 60.2 Å². The maximum absolute atomic E-state index is 12.2. The van der Waals surface area contributed by atoms with Crippen LogP contribution in [0.2, 0.25) is 0 Å². The lowest BCUT2D eigenvalue weighted by molar-refractivity contribution is -0.387. The van der Waals surface area contributed by atoms with E-state index in [0.717, 1.165) is 10.1 Å². The molecule has 0 unspecified atom stereocenters. The number of thiophene rings is 1. The van der Waals surface area contributed by atoms with Crippen molar-refractivity contribution in [2.45, 2.75) is 19.9 Å². The molecule has 2 rings (SSSR count). The van der Waals surface area contributed by atoms with Crippen LogP contribution in [0.3, 0.4) is 0 Å². The number of carboxylic acids is 1. The average Bonchev–Trinajstić information content (AvgIpc) is 2.86. The maximum atomic E-state index is 12.2. The molecule has 0 amide bonds. The number of hydrogen-bond acceptors (Lipinski definition) is 5. The summed E-state index contributed by atoms with van der Waals surface area (Å²) in [5.74, 6) is -1.22. The molecule has 0 spiro atoms. The van der Waals surface area contributed by atoms with Crippen molar-refractivity contribution < 1.29 is 14.8 Å². The minimum absolute atomic E-state index is 0.268. The van der Waals surface area contributed by atoms with Crippen LogP contribution >= 0.6 is 11.3 Å². The van der Waals surface area contributed by atoms with Crippen molar-refractivity contribution in [2.75, 3.05) is 0 Å². The minimum atomic E-state index is -1.22. The molecule has 0 atom stereocenters. The van der Waals surface area contributed by atoms with Gasteiger partial charge in [0.15, 0.2) is 0 Å². The molecular weight excluding hydrogens is 296 g/mol. The summed E-state index contributed by atoms with van der Waals surface area (Å²) in [5.41, 5.74) is 0.110. The summed E-state index contributed by atoms with van der Waals surface area (Å²) < 4.78 is 0.900. The third-order valence-electron chi connectivity index (χ3n) is 3.01. The molecule has 1 N–H and O–H groups in total. The van der Waals surface area contributed by atoms with Gasteiger partial charge in [0.05, 0.1) is 4.92 Å². The highest BCUT2D eigenvalue weighted by atomic mass is 32.1. The molecule has 0 bridgehead atoms. The van der Waals surface area contributed by atoms with E-state index < -0.39 is 28.7 Å². The first-order valence-corrected chi connectivity index (χ1v) is 6.95. The van der Waals surface area contributed by atoms with E-state index in [0.29, 0.717) is 11.3 Å². The first-order chi connectivity index (χ1) is 9.90. The Labute approximate surface area is 123 Å². The highest BCUT2D eigenvalue weighted by molar-refractivity contribution is 7.07. The molecule has 0 aliphatic heterocycles. The largest absolute Gasteiger partial charge is 0.480 e. The number of carbonyl (C=O) groups is 1. The fraction of sp³-hybridized carbons (Fsp3) is 0.231. The summed E-state index contributed by atoms with van der Waals surface area (Å²) in [6, 6.07) is 3.33. The number of carboxylic acid groups (broad SMARTS) is 1. The Morgan fingerprint density at radius 2 is 2.24 bits per heavy atom. The molecule has 0 fully saturated rings. The van der Waals surface area contributed by atoms with Gasteiger partial charge < -0.3 is 5.11 Å². The van der Waals surface area contributed by atoms with E-state index in [2.05, 4.69) is 0 Å². The zero-order valence-corrected chi connectivity index (χ0v) is 11.9. The molecule has 2 aromatic rings. The van der Waals surface area contributed by atoms with E-state index in [4.69, 9.17) is 5.11 Å². The number of aryl methyl sites for hydroxylation is 1. The zero-order chi connectivity index (χ0) is 15.6. The monoisotopic (exact) mass is 308 g/mol. The van der Waals surface area contributed by atoms with Crippen molar-refractivity contribution in [1.82, 2.24) is 4.57 Å². The van der Waals surface area contributed by atoms with Crippen LogP contribution < -0.4 is 5.56 Å². The van der Waals surface area contributed by atoms with Crippen LogP contribution in [0.15, 0.2) is 27.7 Å². The van der Waals surface area contributed by atoms with Gasteiger partial charge in [0.2, 0.25) is 0 Å². The topological polar surface area (TPSA) is 102 Å². The van der Waals surface area contributed by atoms with Gasteiger partial charge >= 0.3 is 17.2 Å². The second-order valence-corrected chi connectivity index (χ2v) is 5.29. The molecule has 0 radical (unpaired) electrons. The van der Waals surface area contributed by atoms with Crippen molar-refractivity contribution in [1.29, 1.82) is 0 Å². The third kappa shape index (κ3) is 3.16. The number of hydrogen-bond donors (Lipinski definition) is 1. The lowest BCUT2D eigenvalue weighted by Gasteiger charge is -2.10. The Hall–Kier alpha value is -2.48. The number of pyridine rings is 1. The Bertz CT molecular complexity index is 749. The van der Waals surface area contributed by atoms with Gasteiger partial charge in [-0.2, -0.15) is 11.3 Å². The molecule has 0 aliphatic rings. The van der Waals surface area contributed by atoms with Crippen LogP contribution in [0.1, 0.15) is 16.8 Å². The van der Waals surface area contributed by atoms with Gasteiger partial charge in [0.1, 0.15) is 6.54 Å². The Kier molecular flexibility index (Phi) is 4.18. The van der Waals surface area contributed by atoms with E-state index in [1.54, 1.807) is 6.92 Å². The fourth-order valence-electron chi connectivity index (χ4n) is 2.10. The fourth-order valence-corrected chi connectivity index (χ4v) is 2.77. The summed E-state index contributed by atoms with van der Waals surface area (Å²) in [4.78, 5) is 33.4. The molecule has 7 nitrogen and oxygen atoms in total. The second kappa shape index (κ2) is 5.88. The van der Waals surface area contributed by atoms with Crippen LogP contribution in [-0.2, 0) is 17.8 Å². The highest BCUT2D eigenvalue weighted by Crippen LogP contribution is 2.20. The van der Waals surface area contributed by atoms with Crippen molar-refractivity contribution in [2.24, 2.45) is 0 Å². The van der Waals surface area contributed by atoms with E-state index in [1.807, 2.05) is 16.8 Å². The second-order valence-electron chi connectivity index (χ2n) is 4.51. The molecule has 2 heterocycles. The Balaban J connectivity index is 2.58. The molecule has 0 saturated carbocycles. The molecule has 8 heteroatoms. The number of aliphatic carboxylic acids is 1. The van der Waals surface area contributed by atoms with Gasteiger partial charge in [0.25, 0.3) is 0 Å². The summed E-state index contributed by atoms with van der Waals surface area (Å²) >= 11 is 1.46. The molecule has 0 aliphatic carbocycles. The van der Waals surface area contributed by atoms with Crippen molar-refractivity contribution in [3.63, 3.8) is 0 Å². The molecule has 2 aromatic heterocycles. The summed E-state index contributed by atoms with van der Waals surface area (Å²) in [6.45, 7) is 0.968. The van der Waals surface area contributed by atoms with Gasteiger partial charge in [0, 0.05) is 17.7 Å². The molecule has 110 valence electrons. The predicted octanol–water partition coefficient (Wildman–Crippen LogP) is 1.80. The Morgan fingerprint density at radius 3 is 2.76 bits per heavy atom. The highest BCUT2D eigenvalue weighted by Gasteiger charge is 2.23. The van der Waals surface area contributed by atoms with Gasteiger partial charge in [-0.3, -0.25) is 24.3 Å². The van der Waals surface area contributed by atoms with Gasteiger partial charge in [-0.1, -0.05) is 0 Å². The summed E-state index contributed by atoms with van der Waals surface area (Å²) in [7, 11) is 0. The minimum Gasteiger partial charge on any atom is -0.480 e. The summed E-state index contributed by atoms with van der Waals surface area (Å²) in [5, 5.41) is 23.7. The van der Waals surface area contributed by atoms with E-state index in [9.17, 15) is 19.7 Å². The SMILES string of the molecule is Cc1cc(Cc2ccsc2)c([N+](=O)[O-])c(=O)n1CC(=O)O. The molecule has 21 heavy (non-hydrogen) atoms. The normalized spacial score (nSPS) is 10.5. The number of aromatic nitrogens is 1. The number of nitro groups is 1.